The van der Waals surface area contributed by atoms with Gasteiger partial charge >= 0.3 is 0 Å². The lowest BCUT2D eigenvalue weighted by molar-refractivity contribution is 0.0940. The summed E-state index contributed by atoms with van der Waals surface area (Å²) in [4.78, 5) is 11.8. The minimum atomic E-state index is -0.00691. The zero-order valence-electron chi connectivity index (χ0n) is 9.39. The summed E-state index contributed by atoms with van der Waals surface area (Å²) in [6, 6.07) is 7.59. The molecular formula is C12H15BrINO. The number of hydrogen-bond acceptors (Lipinski definition) is 1. The largest absolute Gasteiger partial charge is 0.351 e. The van der Waals surface area contributed by atoms with Crippen LogP contribution in [0.1, 0.15) is 24.2 Å². The summed E-state index contributed by atoms with van der Waals surface area (Å²) in [6.07, 6.45) is 0. The van der Waals surface area contributed by atoms with Gasteiger partial charge in [0.1, 0.15) is 0 Å². The molecule has 88 valence electrons. The van der Waals surface area contributed by atoms with Crippen LogP contribution in [0.25, 0.3) is 0 Å². The Kier molecular flexibility index (Phi) is 5.24. The van der Waals surface area contributed by atoms with Gasteiger partial charge in [-0.05, 0) is 46.2 Å². The maximum atomic E-state index is 11.8. The molecule has 0 aliphatic heterocycles. The number of benzene rings is 1. The van der Waals surface area contributed by atoms with E-state index in [4.69, 9.17) is 0 Å². The van der Waals surface area contributed by atoms with Gasteiger partial charge < -0.3 is 5.32 Å². The minimum absolute atomic E-state index is 0.00691. The van der Waals surface area contributed by atoms with Gasteiger partial charge in [-0.15, -0.1) is 0 Å². The molecular weight excluding hydrogens is 381 g/mol. The van der Waals surface area contributed by atoms with E-state index in [1.165, 1.54) is 0 Å². The lowest BCUT2D eigenvalue weighted by atomic mass is 9.97. The van der Waals surface area contributed by atoms with Gasteiger partial charge in [0.25, 0.3) is 5.91 Å². The number of amides is 1. The molecule has 1 rings (SSSR count). The van der Waals surface area contributed by atoms with Crippen molar-refractivity contribution in [3.63, 3.8) is 0 Å². The van der Waals surface area contributed by atoms with Crippen LogP contribution >= 0.6 is 38.5 Å². The van der Waals surface area contributed by atoms with Crippen LogP contribution in [0, 0.1) is 8.99 Å². The summed E-state index contributed by atoms with van der Waals surface area (Å²) in [7, 11) is 0. The fourth-order valence-electron chi connectivity index (χ4n) is 1.10. The van der Waals surface area contributed by atoms with Gasteiger partial charge in [0, 0.05) is 21.0 Å². The van der Waals surface area contributed by atoms with Gasteiger partial charge in [-0.25, -0.2) is 0 Å². The predicted octanol–water partition coefficient (Wildman–Crippen LogP) is 3.44. The van der Waals surface area contributed by atoms with Gasteiger partial charge in [-0.3, -0.25) is 4.79 Å². The molecule has 0 aromatic heterocycles. The second-order valence-electron chi connectivity index (χ2n) is 4.49. The van der Waals surface area contributed by atoms with Crippen LogP contribution in [-0.4, -0.2) is 17.8 Å². The molecule has 0 aliphatic rings. The van der Waals surface area contributed by atoms with Crippen LogP contribution in [0.3, 0.4) is 0 Å². The number of hydrogen-bond donors (Lipinski definition) is 1. The summed E-state index contributed by atoms with van der Waals surface area (Å²) >= 11 is 5.64. The van der Waals surface area contributed by atoms with Crippen LogP contribution in [-0.2, 0) is 0 Å². The summed E-state index contributed by atoms with van der Waals surface area (Å²) in [6.45, 7) is 4.89. The molecule has 16 heavy (non-hydrogen) atoms. The Morgan fingerprint density at radius 1 is 1.50 bits per heavy atom. The summed E-state index contributed by atoms with van der Waals surface area (Å²) < 4.78 is 1.07. The van der Waals surface area contributed by atoms with Crippen molar-refractivity contribution < 1.29 is 4.79 Å². The highest BCUT2D eigenvalue weighted by molar-refractivity contribution is 14.1. The third-order valence-electron chi connectivity index (χ3n) is 2.18. The molecule has 0 unspecified atom stereocenters. The van der Waals surface area contributed by atoms with Crippen LogP contribution in [0.15, 0.2) is 24.3 Å². The van der Waals surface area contributed by atoms with Crippen molar-refractivity contribution in [3.8, 4) is 0 Å². The van der Waals surface area contributed by atoms with E-state index in [9.17, 15) is 4.79 Å². The van der Waals surface area contributed by atoms with Gasteiger partial charge in [-0.1, -0.05) is 35.8 Å². The van der Waals surface area contributed by atoms with E-state index in [1.54, 1.807) is 0 Å². The van der Waals surface area contributed by atoms with E-state index in [0.29, 0.717) is 6.54 Å². The average molecular weight is 396 g/mol. The highest BCUT2D eigenvalue weighted by Crippen LogP contribution is 2.16. The zero-order chi connectivity index (χ0) is 12.2. The number of rotatable bonds is 4. The first kappa shape index (κ1) is 14.0. The maximum absolute atomic E-state index is 11.8. The Bertz CT molecular complexity index is 379. The lowest BCUT2D eigenvalue weighted by Gasteiger charge is -2.21. The standard InChI is InChI=1S/C12H15BrINO/c1-12(2,7-13)8-15-11(16)9-4-3-5-10(14)6-9/h3-6H,7-8H2,1-2H3,(H,15,16). The molecule has 1 aromatic rings. The zero-order valence-corrected chi connectivity index (χ0v) is 13.1. The second-order valence-corrected chi connectivity index (χ2v) is 6.30. The van der Waals surface area contributed by atoms with E-state index in [2.05, 4.69) is 57.7 Å². The van der Waals surface area contributed by atoms with Gasteiger partial charge in [0.15, 0.2) is 0 Å². The first-order valence-electron chi connectivity index (χ1n) is 5.04. The van der Waals surface area contributed by atoms with Gasteiger partial charge in [0.2, 0.25) is 0 Å². The Balaban J connectivity index is 2.60. The van der Waals surface area contributed by atoms with Crippen molar-refractivity contribution in [2.75, 3.05) is 11.9 Å². The predicted molar refractivity (Wildman–Crippen MR) is 79.1 cm³/mol. The Labute approximate surface area is 118 Å². The molecule has 0 radical (unpaired) electrons. The molecule has 0 aliphatic carbocycles. The molecule has 0 saturated heterocycles. The van der Waals surface area contributed by atoms with Crippen LogP contribution in [0.5, 0.6) is 0 Å². The van der Waals surface area contributed by atoms with E-state index < -0.39 is 0 Å². The summed E-state index contributed by atoms with van der Waals surface area (Å²) in [5.41, 5.74) is 0.801. The van der Waals surface area contributed by atoms with Gasteiger partial charge in [0.05, 0.1) is 0 Å². The topological polar surface area (TPSA) is 29.1 Å². The SMILES string of the molecule is CC(C)(CBr)CNC(=O)c1cccc(I)c1. The molecule has 0 heterocycles. The number of nitrogens with one attached hydrogen (secondary N) is 1. The minimum Gasteiger partial charge on any atom is -0.351 e. The van der Waals surface area contributed by atoms with Crippen molar-refractivity contribution >= 4 is 44.4 Å². The molecule has 1 N–H and O–H groups in total. The van der Waals surface area contributed by atoms with Crippen molar-refractivity contribution in [1.82, 2.24) is 5.32 Å². The third-order valence-corrected chi connectivity index (χ3v) is 4.37. The van der Waals surface area contributed by atoms with Crippen molar-refractivity contribution in [1.29, 1.82) is 0 Å². The molecule has 0 saturated carbocycles. The first-order chi connectivity index (χ1) is 7.44. The molecule has 0 spiro atoms. The summed E-state index contributed by atoms with van der Waals surface area (Å²) in [5.74, 6) is -0.00691. The number of alkyl halides is 1. The molecule has 4 heteroatoms. The monoisotopic (exact) mass is 395 g/mol. The smallest absolute Gasteiger partial charge is 0.251 e. The van der Waals surface area contributed by atoms with Crippen molar-refractivity contribution in [3.05, 3.63) is 33.4 Å². The highest BCUT2D eigenvalue weighted by Gasteiger charge is 2.17. The Morgan fingerprint density at radius 3 is 2.75 bits per heavy atom. The van der Waals surface area contributed by atoms with E-state index >= 15 is 0 Å². The number of halogens is 2. The molecule has 0 atom stereocenters. The van der Waals surface area contributed by atoms with Crippen molar-refractivity contribution in [2.24, 2.45) is 5.41 Å². The van der Waals surface area contributed by atoms with Crippen LogP contribution in [0.4, 0.5) is 0 Å². The second kappa shape index (κ2) is 6.00. The lowest BCUT2D eigenvalue weighted by Crippen LogP contribution is -2.34. The molecule has 2 nitrogen and oxygen atoms in total. The Hall–Kier alpha value is -0.100. The quantitative estimate of drug-likeness (QED) is 0.614. The maximum Gasteiger partial charge on any atom is 0.251 e. The molecule has 0 fully saturated rings. The fourth-order valence-corrected chi connectivity index (χ4v) is 1.84. The fraction of sp³-hybridized carbons (Fsp3) is 0.417. The van der Waals surface area contributed by atoms with E-state index in [-0.39, 0.29) is 11.3 Å². The summed E-state index contributed by atoms with van der Waals surface area (Å²) in [5, 5.41) is 3.81. The van der Waals surface area contributed by atoms with Gasteiger partial charge in [-0.2, -0.15) is 0 Å². The number of carbonyl (C=O) groups is 1. The van der Waals surface area contributed by atoms with E-state index in [1.807, 2.05) is 24.3 Å². The molecule has 1 aromatic carbocycles. The average Bonchev–Trinajstić information content (AvgIpc) is 2.26. The Morgan fingerprint density at radius 2 is 2.19 bits per heavy atom. The number of carbonyl (C=O) groups excluding carboxylic acids is 1. The normalized spacial score (nSPS) is 11.2. The molecule has 1 amide bonds. The van der Waals surface area contributed by atoms with Crippen LogP contribution < -0.4 is 5.32 Å². The third kappa shape index (κ3) is 4.41. The van der Waals surface area contributed by atoms with E-state index in [0.717, 1.165) is 14.5 Å². The van der Waals surface area contributed by atoms with Crippen LogP contribution in [0.2, 0.25) is 0 Å². The highest BCUT2D eigenvalue weighted by atomic mass is 127. The van der Waals surface area contributed by atoms with Crippen molar-refractivity contribution in [2.45, 2.75) is 13.8 Å². The molecule has 0 bridgehead atoms. The first-order valence-corrected chi connectivity index (χ1v) is 7.24.